The Balaban J connectivity index is 1.79. The Hall–Kier alpha value is -1.88. The quantitative estimate of drug-likeness (QED) is 0.791. The van der Waals surface area contributed by atoms with E-state index in [9.17, 15) is 5.11 Å². The van der Waals surface area contributed by atoms with Crippen molar-refractivity contribution in [1.29, 1.82) is 0 Å². The molecule has 0 heterocycles. The van der Waals surface area contributed by atoms with Gasteiger partial charge >= 0.3 is 0 Å². The third-order valence-electron chi connectivity index (χ3n) is 6.14. The van der Waals surface area contributed by atoms with Gasteiger partial charge in [-0.1, -0.05) is 42.5 Å². The molecule has 3 rings (SSSR count). The third-order valence-corrected chi connectivity index (χ3v) is 6.14. The molecule has 0 bridgehead atoms. The lowest BCUT2D eigenvalue weighted by Gasteiger charge is -2.46. The van der Waals surface area contributed by atoms with Gasteiger partial charge in [0, 0.05) is 25.0 Å². The van der Waals surface area contributed by atoms with E-state index in [1.54, 1.807) is 7.11 Å². The van der Waals surface area contributed by atoms with E-state index in [4.69, 9.17) is 4.74 Å². The van der Waals surface area contributed by atoms with Gasteiger partial charge in [-0.3, -0.25) is 4.90 Å². The number of rotatable bonds is 7. The highest BCUT2D eigenvalue weighted by atomic mass is 16.5. The molecule has 2 aromatic carbocycles. The Kier molecular flexibility index (Phi) is 6.76. The van der Waals surface area contributed by atoms with E-state index in [0.717, 1.165) is 43.7 Å². The summed E-state index contributed by atoms with van der Waals surface area (Å²) in [6.45, 7) is 1.81. The second-order valence-electron chi connectivity index (χ2n) is 8.44. The number of ether oxygens (including phenoxy) is 1. The maximum absolute atomic E-state index is 11.8. The van der Waals surface area contributed by atoms with Crippen molar-refractivity contribution in [2.45, 2.75) is 37.5 Å². The van der Waals surface area contributed by atoms with Gasteiger partial charge in [-0.15, -0.1) is 0 Å². The van der Waals surface area contributed by atoms with Crippen LogP contribution in [0.3, 0.4) is 0 Å². The average Bonchev–Trinajstić information content (AvgIpc) is 2.70. The molecule has 2 aromatic rings. The average molecular weight is 383 g/mol. The van der Waals surface area contributed by atoms with Gasteiger partial charge in [-0.25, -0.2) is 0 Å². The lowest BCUT2D eigenvalue weighted by molar-refractivity contribution is -0.0811. The minimum absolute atomic E-state index is 0.173. The van der Waals surface area contributed by atoms with Crippen LogP contribution in [0.4, 0.5) is 0 Å². The summed E-state index contributed by atoms with van der Waals surface area (Å²) in [5, 5.41) is 11.8. The van der Waals surface area contributed by atoms with E-state index in [1.165, 1.54) is 5.56 Å². The highest BCUT2D eigenvalue weighted by Gasteiger charge is 2.44. The topological polar surface area (TPSA) is 35.9 Å². The second-order valence-corrected chi connectivity index (χ2v) is 8.44. The van der Waals surface area contributed by atoms with Gasteiger partial charge in [-0.05, 0) is 63.7 Å². The molecular weight excluding hydrogens is 348 g/mol. The first-order valence-corrected chi connectivity index (χ1v) is 10.2. The molecule has 0 radical (unpaired) electrons. The van der Waals surface area contributed by atoms with Crippen molar-refractivity contribution < 1.29 is 9.84 Å². The summed E-state index contributed by atoms with van der Waals surface area (Å²) in [6.07, 6.45) is 2.73. The van der Waals surface area contributed by atoms with E-state index >= 15 is 0 Å². The summed E-state index contributed by atoms with van der Waals surface area (Å²) in [6, 6.07) is 19.0. The van der Waals surface area contributed by atoms with Gasteiger partial charge in [0.1, 0.15) is 5.75 Å². The molecule has 3 atom stereocenters. The van der Waals surface area contributed by atoms with Crippen molar-refractivity contribution in [3.8, 4) is 5.75 Å². The van der Waals surface area contributed by atoms with Crippen LogP contribution >= 0.6 is 0 Å². The van der Waals surface area contributed by atoms with E-state index in [-0.39, 0.29) is 5.92 Å². The number of nitrogens with zero attached hydrogens (tertiary/aromatic N) is 2. The van der Waals surface area contributed by atoms with Crippen LogP contribution in [-0.2, 0) is 12.1 Å². The van der Waals surface area contributed by atoms with Gasteiger partial charge in [0.2, 0.25) is 0 Å². The summed E-state index contributed by atoms with van der Waals surface area (Å²) in [5.74, 6) is 0.976. The molecule has 0 aromatic heterocycles. The molecule has 152 valence electrons. The zero-order valence-corrected chi connectivity index (χ0v) is 17.6. The summed E-state index contributed by atoms with van der Waals surface area (Å²) in [7, 11) is 8.06. The molecular formula is C24H34N2O2. The fourth-order valence-corrected chi connectivity index (χ4v) is 4.57. The molecule has 0 aliphatic heterocycles. The minimum Gasteiger partial charge on any atom is -0.497 e. The number of benzene rings is 2. The molecule has 1 N–H and O–H groups in total. The lowest BCUT2D eigenvalue weighted by Crippen LogP contribution is -2.49. The standard InChI is InChI=1S/C24H34N2O2/c1-25(2)18-21-15-22(26(3)17-19-9-6-5-7-10-19)13-14-24(21,27)20-11-8-12-23(16-20)28-4/h5-12,16,21-22,27H,13-15,17-18H2,1-4H3. The lowest BCUT2D eigenvalue weighted by atomic mass is 9.69. The molecule has 3 unspecified atom stereocenters. The first-order chi connectivity index (χ1) is 13.4. The van der Waals surface area contributed by atoms with Crippen LogP contribution in [0.1, 0.15) is 30.4 Å². The van der Waals surface area contributed by atoms with Gasteiger partial charge in [0.05, 0.1) is 12.7 Å². The smallest absolute Gasteiger partial charge is 0.119 e. The van der Waals surface area contributed by atoms with Gasteiger partial charge < -0.3 is 14.7 Å². The monoisotopic (exact) mass is 382 g/mol. The molecule has 0 saturated heterocycles. The van der Waals surface area contributed by atoms with Crippen molar-refractivity contribution >= 4 is 0 Å². The van der Waals surface area contributed by atoms with Crippen molar-refractivity contribution in [2.24, 2.45) is 5.92 Å². The first-order valence-electron chi connectivity index (χ1n) is 10.2. The molecule has 1 saturated carbocycles. The zero-order chi connectivity index (χ0) is 20.1. The third kappa shape index (κ3) is 4.75. The second kappa shape index (κ2) is 9.08. The SMILES string of the molecule is COc1cccc(C2(O)CCC(N(C)Cc3ccccc3)CC2CN(C)C)c1. The summed E-state index contributed by atoms with van der Waals surface area (Å²) in [4.78, 5) is 4.64. The fraction of sp³-hybridized carbons (Fsp3) is 0.500. The van der Waals surface area contributed by atoms with Crippen LogP contribution in [0.15, 0.2) is 54.6 Å². The number of aliphatic hydroxyl groups is 1. The Labute approximate surface area is 169 Å². The fourth-order valence-electron chi connectivity index (χ4n) is 4.57. The Bertz CT molecular complexity index is 749. The maximum atomic E-state index is 11.8. The van der Waals surface area contributed by atoms with E-state index in [2.05, 4.69) is 61.3 Å². The maximum Gasteiger partial charge on any atom is 0.119 e. The highest BCUT2D eigenvalue weighted by Crippen LogP contribution is 2.44. The van der Waals surface area contributed by atoms with Gasteiger partial charge in [0.15, 0.2) is 0 Å². The van der Waals surface area contributed by atoms with Crippen LogP contribution in [0.5, 0.6) is 5.75 Å². The summed E-state index contributed by atoms with van der Waals surface area (Å²) < 4.78 is 5.40. The van der Waals surface area contributed by atoms with Gasteiger partial charge in [-0.2, -0.15) is 0 Å². The van der Waals surface area contributed by atoms with Crippen molar-refractivity contribution in [3.63, 3.8) is 0 Å². The van der Waals surface area contributed by atoms with Crippen LogP contribution < -0.4 is 4.74 Å². The van der Waals surface area contributed by atoms with Crippen LogP contribution in [0.2, 0.25) is 0 Å². The Morgan fingerprint density at radius 2 is 1.82 bits per heavy atom. The van der Waals surface area contributed by atoms with Crippen molar-refractivity contribution in [3.05, 3.63) is 65.7 Å². The first kappa shape index (κ1) is 20.8. The van der Waals surface area contributed by atoms with E-state index < -0.39 is 5.60 Å². The van der Waals surface area contributed by atoms with Gasteiger partial charge in [0.25, 0.3) is 0 Å². The predicted octanol–water partition coefficient (Wildman–Crippen LogP) is 3.75. The van der Waals surface area contributed by atoms with Crippen LogP contribution in [-0.4, -0.2) is 55.7 Å². The number of hydrogen-bond donors (Lipinski definition) is 1. The molecule has 0 amide bonds. The molecule has 4 nitrogen and oxygen atoms in total. The minimum atomic E-state index is -0.817. The molecule has 1 fully saturated rings. The van der Waals surface area contributed by atoms with E-state index in [1.807, 2.05) is 24.3 Å². The largest absolute Gasteiger partial charge is 0.497 e. The Morgan fingerprint density at radius 1 is 1.07 bits per heavy atom. The Morgan fingerprint density at radius 3 is 2.50 bits per heavy atom. The van der Waals surface area contributed by atoms with E-state index in [0.29, 0.717) is 6.04 Å². The van der Waals surface area contributed by atoms with Crippen molar-refractivity contribution in [1.82, 2.24) is 9.80 Å². The van der Waals surface area contributed by atoms with Crippen LogP contribution in [0, 0.1) is 5.92 Å². The zero-order valence-electron chi connectivity index (χ0n) is 17.6. The summed E-state index contributed by atoms with van der Waals surface area (Å²) in [5.41, 5.74) is 1.49. The molecule has 4 heteroatoms. The molecule has 1 aliphatic carbocycles. The molecule has 28 heavy (non-hydrogen) atoms. The van der Waals surface area contributed by atoms with Crippen molar-refractivity contribution in [2.75, 3.05) is 34.8 Å². The molecule has 1 aliphatic rings. The molecule has 0 spiro atoms. The highest BCUT2D eigenvalue weighted by molar-refractivity contribution is 5.33. The number of methoxy groups -OCH3 is 1. The predicted molar refractivity (Wildman–Crippen MR) is 114 cm³/mol. The normalized spacial score (nSPS) is 25.2. The van der Waals surface area contributed by atoms with Crippen LogP contribution in [0.25, 0.3) is 0 Å². The summed E-state index contributed by atoms with van der Waals surface area (Å²) >= 11 is 0. The number of hydrogen-bond acceptors (Lipinski definition) is 4.